The molecule has 2 rings (SSSR count). The lowest BCUT2D eigenvalue weighted by Crippen LogP contribution is -2.20. The fraction of sp³-hybridized carbons (Fsp3) is 0.273. The van der Waals surface area contributed by atoms with Crippen LogP contribution in [0.5, 0.6) is 0 Å². The highest BCUT2D eigenvalue weighted by Crippen LogP contribution is 2.34. The van der Waals surface area contributed by atoms with Crippen molar-refractivity contribution in [1.29, 1.82) is 0 Å². The van der Waals surface area contributed by atoms with Gasteiger partial charge < -0.3 is 0 Å². The predicted octanol–water partition coefficient (Wildman–Crippen LogP) is 1.59. The molecular formula is C11H10O2. The van der Waals surface area contributed by atoms with E-state index in [1.165, 1.54) is 0 Å². The van der Waals surface area contributed by atoms with Crippen molar-refractivity contribution in [1.82, 2.24) is 0 Å². The first-order chi connectivity index (χ1) is 6.20. The SMILES string of the molecule is O=C1C=CC2(C=C1)C=CC(=O)CC2. The van der Waals surface area contributed by atoms with Gasteiger partial charge in [0.05, 0.1) is 0 Å². The van der Waals surface area contributed by atoms with Gasteiger partial charge in [0.2, 0.25) is 0 Å². The van der Waals surface area contributed by atoms with Crippen LogP contribution in [0.1, 0.15) is 12.8 Å². The second kappa shape index (κ2) is 2.80. The van der Waals surface area contributed by atoms with Crippen molar-refractivity contribution in [2.45, 2.75) is 12.8 Å². The molecule has 0 aromatic carbocycles. The molecule has 0 heterocycles. The van der Waals surface area contributed by atoms with Crippen molar-refractivity contribution in [2.24, 2.45) is 5.41 Å². The van der Waals surface area contributed by atoms with Crippen LogP contribution in [-0.4, -0.2) is 11.6 Å². The number of allylic oxidation sites excluding steroid dienone is 6. The lowest BCUT2D eigenvalue weighted by molar-refractivity contribution is -0.115. The highest BCUT2D eigenvalue weighted by molar-refractivity contribution is 6.01. The summed E-state index contributed by atoms with van der Waals surface area (Å²) in [5.41, 5.74) is -0.165. The minimum atomic E-state index is -0.165. The van der Waals surface area contributed by atoms with Crippen LogP contribution in [0.4, 0.5) is 0 Å². The Morgan fingerprint density at radius 2 is 1.62 bits per heavy atom. The van der Waals surface area contributed by atoms with E-state index in [2.05, 4.69) is 0 Å². The Labute approximate surface area is 76.6 Å². The molecule has 2 aliphatic rings. The van der Waals surface area contributed by atoms with Crippen LogP contribution in [0.3, 0.4) is 0 Å². The Balaban J connectivity index is 2.29. The van der Waals surface area contributed by atoms with Gasteiger partial charge in [0.25, 0.3) is 0 Å². The number of ketones is 2. The summed E-state index contributed by atoms with van der Waals surface area (Å²) in [6.45, 7) is 0. The molecule has 0 saturated carbocycles. The molecule has 0 aromatic heterocycles. The third kappa shape index (κ3) is 1.52. The molecule has 0 atom stereocenters. The van der Waals surface area contributed by atoms with E-state index in [1.807, 2.05) is 18.2 Å². The standard InChI is InChI=1S/C11H10O2/c12-9-1-5-11(6-2-9)7-3-10(13)4-8-11/h1-3,5-7H,4,8H2. The molecule has 2 aliphatic carbocycles. The molecule has 0 fully saturated rings. The lowest BCUT2D eigenvalue weighted by Gasteiger charge is -2.27. The lowest BCUT2D eigenvalue weighted by atomic mass is 9.76. The molecule has 13 heavy (non-hydrogen) atoms. The molecule has 2 nitrogen and oxygen atoms in total. The van der Waals surface area contributed by atoms with E-state index in [9.17, 15) is 9.59 Å². The summed E-state index contributed by atoms with van der Waals surface area (Å²) in [7, 11) is 0. The van der Waals surface area contributed by atoms with Crippen LogP contribution in [0.25, 0.3) is 0 Å². The zero-order valence-corrected chi connectivity index (χ0v) is 7.19. The fourth-order valence-corrected chi connectivity index (χ4v) is 1.62. The highest BCUT2D eigenvalue weighted by Gasteiger charge is 2.27. The first-order valence-corrected chi connectivity index (χ1v) is 4.35. The van der Waals surface area contributed by atoms with Crippen LogP contribution >= 0.6 is 0 Å². The number of hydrogen-bond donors (Lipinski definition) is 0. The Bertz CT molecular complexity index is 329. The maximum Gasteiger partial charge on any atom is 0.178 e. The number of rotatable bonds is 0. The summed E-state index contributed by atoms with van der Waals surface area (Å²) in [5, 5.41) is 0. The van der Waals surface area contributed by atoms with Gasteiger partial charge in [-0.05, 0) is 24.6 Å². The number of carbonyl (C=O) groups excluding carboxylic acids is 2. The number of hydrogen-bond acceptors (Lipinski definition) is 2. The molecule has 0 N–H and O–H groups in total. The van der Waals surface area contributed by atoms with E-state index in [0.717, 1.165) is 6.42 Å². The summed E-state index contributed by atoms with van der Waals surface area (Å²) >= 11 is 0. The van der Waals surface area contributed by atoms with E-state index >= 15 is 0 Å². The maximum absolute atomic E-state index is 11.0. The van der Waals surface area contributed by atoms with Gasteiger partial charge in [-0.2, -0.15) is 0 Å². The van der Waals surface area contributed by atoms with Gasteiger partial charge in [-0.3, -0.25) is 9.59 Å². The summed E-state index contributed by atoms with van der Waals surface area (Å²) < 4.78 is 0. The average Bonchev–Trinajstić information content (AvgIpc) is 2.16. The zero-order chi connectivity index (χ0) is 9.31. The summed E-state index contributed by atoms with van der Waals surface area (Å²) in [6.07, 6.45) is 11.7. The largest absolute Gasteiger partial charge is 0.295 e. The first kappa shape index (κ1) is 8.17. The molecule has 0 aromatic rings. The molecule has 0 bridgehead atoms. The van der Waals surface area contributed by atoms with Crippen LogP contribution < -0.4 is 0 Å². The van der Waals surface area contributed by atoms with Crippen LogP contribution in [0.2, 0.25) is 0 Å². The molecular weight excluding hydrogens is 164 g/mol. The van der Waals surface area contributed by atoms with E-state index in [0.29, 0.717) is 6.42 Å². The predicted molar refractivity (Wildman–Crippen MR) is 49.1 cm³/mol. The van der Waals surface area contributed by atoms with Crippen molar-refractivity contribution >= 4 is 11.6 Å². The van der Waals surface area contributed by atoms with Crippen molar-refractivity contribution in [3.05, 3.63) is 36.5 Å². The first-order valence-electron chi connectivity index (χ1n) is 4.35. The molecule has 0 aliphatic heterocycles. The summed E-state index contributed by atoms with van der Waals surface area (Å²) in [4.78, 5) is 21.8. The van der Waals surface area contributed by atoms with Crippen molar-refractivity contribution in [3.8, 4) is 0 Å². The zero-order valence-electron chi connectivity index (χ0n) is 7.19. The smallest absolute Gasteiger partial charge is 0.178 e. The highest BCUT2D eigenvalue weighted by atomic mass is 16.1. The van der Waals surface area contributed by atoms with E-state index in [-0.39, 0.29) is 17.0 Å². The Hall–Kier alpha value is -1.44. The second-order valence-corrected chi connectivity index (χ2v) is 3.48. The fourth-order valence-electron chi connectivity index (χ4n) is 1.62. The van der Waals surface area contributed by atoms with Gasteiger partial charge in [-0.15, -0.1) is 0 Å². The Morgan fingerprint density at radius 1 is 1.00 bits per heavy atom. The minimum absolute atomic E-state index is 0.0240. The van der Waals surface area contributed by atoms with Crippen molar-refractivity contribution in [2.75, 3.05) is 0 Å². The Kier molecular flexibility index (Phi) is 1.76. The molecule has 0 radical (unpaired) electrons. The quantitative estimate of drug-likeness (QED) is 0.558. The van der Waals surface area contributed by atoms with Crippen molar-refractivity contribution in [3.63, 3.8) is 0 Å². The van der Waals surface area contributed by atoms with Gasteiger partial charge in [0.1, 0.15) is 0 Å². The Morgan fingerprint density at radius 3 is 2.15 bits per heavy atom. The van der Waals surface area contributed by atoms with Gasteiger partial charge in [0, 0.05) is 11.8 Å². The second-order valence-electron chi connectivity index (χ2n) is 3.48. The van der Waals surface area contributed by atoms with E-state index in [1.54, 1.807) is 18.2 Å². The molecule has 0 saturated heterocycles. The van der Waals surface area contributed by atoms with Gasteiger partial charge in [-0.1, -0.05) is 18.2 Å². The monoisotopic (exact) mass is 174 g/mol. The molecule has 1 spiro atoms. The average molecular weight is 174 g/mol. The van der Waals surface area contributed by atoms with Gasteiger partial charge >= 0.3 is 0 Å². The van der Waals surface area contributed by atoms with E-state index < -0.39 is 0 Å². The maximum atomic E-state index is 11.0. The van der Waals surface area contributed by atoms with Gasteiger partial charge in [-0.25, -0.2) is 0 Å². The van der Waals surface area contributed by atoms with Crippen LogP contribution in [0.15, 0.2) is 36.5 Å². The molecule has 66 valence electrons. The normalized spacial score (nSPS) is 24.3. The summed E-state index contributed by atoms with van der Waals surface area (Å²) in [6, 6.07) is 0. The third-order valence-corrected chi connectivity index (χ3v) is 2.50. The molecule has 2 heteroatoms. The summed E-state index contributed by atoms with van der Waals surface area (Å²) in [5.74, 6) is 0.195. The topological polar surface area (TPSA) is 34.1 Å². The number of carbonyl (C=O) groups is 2. The third-order valence-electron chi connectivity index (χ3n) is 2.50. The van der Waals surface area contributed by atoms with Crippen molar-refractivity contribution < 1.29 is 9.59 Å². The van der Waals surface area contributed by atoms with Gasteiger partial charge in [0.15, 0.2) is 11.6 Å². The van der Waals surface area contributed by atoms with Crippen LogP contribution in [-0.2, 0) is 9.59 Å². The minimum Gasteiger partial charge on any atom is -0.295 e. The molecule has 0 unspecified atom stereocenters. The van der Waals surface area contributed by atoms with Crippen LogP contribution in [0, 0.1) is 5.41 Å². The molecule has 0 amide bonds. The van der Waals surface area contributed by atoms with E-state index in [4.69, 9.17) is 0 Å².